The molecule has 0 aromatic heterocycles. The Morgan fingerprint density at radius 2 is 1.91 bits per heavy atom. The molecule has 4 nitrogen and oxygen atoms in total. The highest BCUT2D eigenvalue weighted by atomic mass is 16.5. The van der Waals surface area contributed by atoms with E-state index < -0.39 is 5.54 Å². The van der Waals surface area contributed by atoms with Crippen LogP contribution in [0.1, 0.15) is 45.1 Å². The van der Waals surface area contributed by atoms with Gasteiger partial charge in [-0.25, -0.2) is 4.79 Å². The topological polar surface area (TPSA) is 55.4 Å². The molecule has 0 heterocycles. The molecule has 1 aromatic rings. The Balaban J connectivity index is 1.88. The normalized spacial score (nSPS) is 16.6. The highest BCUT2D eigenvalue weighted by Gasteiger charge is 2.53. The summed E-state index contributed by atoms with van der Waals surface area (Å²) in [4.78, 5) is 24.4. The van der Waals surface area contributed by atoms with Crippen molar-refractivity contribution in [2.45, 2.75) is 51.5 Å². The van der Waals surface area contributed by atoms with Crippen LogP contribution in [0, 0.1) is 5.92 Å². The third-order valence-electron chi connectivity index (χ3n) is 4.27. The van der Waals surface area contributed by atoms with Crippen molar-refractivity contribution >= 4 is 11.9 Å². The molecule has 2 rings (SSSR count). The fourth-order valence-corrected chi connectivity index (χ4v) is 2.62. The van der Waals surface area contributed by atoms with Gasteiger partial charge in [0.15, 0.2) is 0 Å². The van der Waals surface area contributed by atoms with Crippen LogP contribution < -0.4 is 5.32 Å². The van der Waals surface area contributed by atoms with Gasteiger partial charge in [-0.2, -0.15) is 0 Å². The standard InChI is InChI=1S/C18H25NO3/c1-3-15(11-10-14-8-6-5-7-9-14)16(20)19-18(12-13-18)17(21)22-4-2/h5-9,15H,3-4,10-13H2,1-2H3,(H,19,20)/t15-/m0/s1. The molecule has 1 amide bonds. The molecule has 0 spiro atoms. The molecule has 0 bridgehead atoms. The average molecular weight is 303 g/mol. The molecule has 0 radical (unpaired) electrons. The zero-order valence-electron chi connectivity index (χ0n) is 13.4. The van der Waals surface area contributed by atoms with Gasteiger partial charge >= 0.3 is 5.97 Å². The van der Waals surface area contributed by atoms with Gasteiger partial charge in [0, 0.05) is 5.92 Å². The number of carbonyl (C=O) groups excluding carboxylic acids is 2. The van der Waals surface area contributed by atoms with Crippen LogP contribution in [0.2, 0.25) is 0 Å². The van der Waals surface area contributed by atoms with Crippen LogP contribution in [0.4, 0.5) is 0 Å². The Bertz CT molecular complexity index is 508. The van der Waals surface area contributed by atoms with E-state index in [-0.39, 0.29) is 17.8 Å². The van der Waals surface area contributed by atoms with E-state index in [2.05, 4.69) is 17.4 Å². The molecule has 120 valence electrons. The first-order chi connectivity index (χ1) is 10.6. The number of nitrogens with one attached hydrogen (secondary N) is 1. The smallest absolute Gasteiger partial charge is 0.331 e. The van der Waals surface area contributed by atoms with Gasteiger partial charge in [-0.3, -0.25) is 4.79 Å². The van der Waals surface area contributed by atoms with Crippen molar-refractivity contribution in [2.24, 2.45) is 5.92 Å². The summed E-state index contributed by atoms with van der Waals surface area (Å²) in [5.41, 5.74) is 0.494. The molecule has 1 aliphatic rings. The number of amides is 1. The summed E-state index contributed by atoms with van der Waals surface area (Å²) >= 11 is 0. The molecule has 0 unspecified atom stereocenters. The second kappa shape index (κ2) is 7.43. The van der Waals surface area contributed by atoms with Crippen molar-refractivity contribution in [1.29, 1.82) is 0 Å². The second-order valence-corrected chi connectivity index (χ2v) is 5.92. The number of carbonyl (C=O) groups is 2. The maximum atomic E-state index is 12.4. The third-order valence-corrected chi connectivity index (χ3v) is 4.27. The van der Waals surface area contributed by atoms with Gasteiger partial charge in [-0.05, 0) is 44.6 Å². The number of rotatable bonds is 8. The van der Waals surface area contributed by atoms with E-state index in [1.165, 1.54) is 5.56 Å². The quantitative estimate of drug-likeness (QED) is 0.751. The molecule has 0 aliphatic heterocycles. The van der Waals surface area contributed by atoms with Crippen molar-refractivity contribution in [3.63, 3.8) is 0 Å². The van der Waals surface area contributed by atoms with Crippen molar-refractivity contribution in [1.82, 2.24) is 5.32 Å². The number of aryl methyl sites for hydroxylation is 1. The summed E-state index contributed by atoms with van der Waals surface area (Å²) in [5, 5.41) is 2.93. The number of benzene rings is 1. The largest absolute Gasteiger partial charge is 0.464 e. The van der Waals surface area contributed by atoms with Gasteiger partial charge < -0.3 is 10.1 Å². The molecular formula is C18H25NO3. The van der Waals surface area contributed by atoms with Gasteiger partial charge in [0.1, 0.15) is 5.54 Å². The summed E-state index contributed by atoms with van der Waals surface area (Å²) in [7, 11) is 0. The lowest BCUT2D eigenvalue weighted by molar-refractivity contribution is -0.149. The van der Waals surface area contributed by atoms with Crippen molar-refractivity contribution in [2.75, 3.05) is 6.61 Å². The van der Waals surface area contributed by atoms with Crippen LogP contribution in [0.3, 0.4) is 0 Å². The number of hydrogen-bond acceptors (Lipinski definition) is 3. The van der Waals surface area contributed by atoms with Gasteiger partial charge in [-0.1, -0.05) is 37.3 Å². The van der Waals surface area contributed by atoms with E-state index in [4.69, 9.17) is 4.74 Å². The predicted molar refractivity (Wildman–Crippen MR) is 85.3 cm³/mol. The van der Waals surface area contributed by atoms with Gasteiger partial charge in [0.25, 0.3) is 0 Å². The molecule has 1 atom stereocenters. The zero-order chi connectivity index (χ0) is 16.0. The average Bonchev–Trinajstić information content (AvgIpc) is 3.30. The highest BCUT2D eigenvalue weighted by Crippen LogP contribution is 2.37. The Labute approximate surface area is 132 Å². The lowest BCUT2D eigenvalue weighted by atomic mass is 9.96. The molecule has 1 saturated carbocycles. The number of hydrogen-bond donors (Lipinski definition) is 1. The monoisotopic (exact) mass is 303 g/mol. The first-order valence-electron chi connectivity index (χ1n) is 8.14. The van der Waals surface area contributed by atoms with Crippen LogP contribution in [-0.2, 0) is 20.7 Å². The van der Waals surface area contributed by atoms with Crippen LogP contribution in [0.5, 0.6) is 0 Å². The summed E-state index contributed by atoms with van der Waals surface area (Å²) < 4.78 is 5.06. The van der Waals surface area contributed by atoms with Crippen LogP contribution >= 0.6 is 0 Å². The minimum absolute atomic E-state index is 0.0241. The molecule has 22 heavy (non-hydrogen) atoms. The predicted octanol–water partition coefficient (Wildman–Crippen LogP) is 2.86. The third kappa shape index (κ3) is 4.09. The Morgan fingerprint density at radius 1 is 1.23 bits per heavy atom. The highest BCUT2D eigenvalue weighted by molar-refractivity contribution is 5.91. The lowest BCUT2D eigenvalue weighted by Crippen LogP contribution is -2.46. The Hall–Kier alpha value is -1.84. The molecule has 0 saturated heterocycles. The Kier molecular flexibility index (Phi) is 5.58. The molecule has 1 aromatic carbocycles. The van der Waals surface area contributed by atoms with Crippen molar-refractivity contribution < 1.29 is 14.3 Å². The van der Waals surface area contributed by atoms with Crippen molar-refractivity contribution in [3.05, 3.63) is 35.9 Å². The van der Waals surface area contributed by atoms with E-state index >= 15 is 0 Å². The van der Waals surface area contributed by atoms with Gasteiger partial charge in [0.2, 0.25) is 5.91 Å². The minimum Gasteiger partial charge on any atom is -0.464 e. The zero-order valence-corrected chi connectivity index (χ0v) is 13.4. The molecular weight excluding hydrogens is 278 g/mol. The maximum absolute atomic E-state index is 12.4. The first kappa shape index (κ1) is 16.5. The minimum atomic E-state index is -0.743. The van der Waals surface area contributed by atoms with Crippen LogP contribution in [-0.4, -0.2) is 24.0 Å². The van der Waals surface area contributed by atoms with Crippen molar-refractivity contribution in [3.8, 4) is 0 Å². The summed E-state index contributed by atoms with van der Waals surface area (Å²) in [6.45, 7) is 4.14. The van der Waals surface area contributed by atoms with Crippen LogP contribution in [0.15, 0.2) is 30.3 Å². The number of ether oxygens (including phenoxy) is 1. The second-order valence-electron chi connectivity index (χ2n) is 5.92. The fourth-order valence-electron chi connectivity index (χ4n) is 2.62. The first-order valence-corrected chi connectivity index (χ1v) is 8.14. The van der Waals surface area contributed by atoms with E-state index in [0.717, 1.165) is 19.3 Å². The van der Waals surface area contributed by atoms with E-state index in [1.54, 1.807) is 6.92 Å². The van der Waals surface area contributed by atoms with Gasteiger partial charge in [0.05, 0.1) is 6.61 Å². The van der Waals surface area contributed by atoms with E-state index in [0.29, 0.717) is 19.4 Å². The number of esters is 1. The summed E-state index contributed by atoms with van der Waals surface area (Å²) in [6, 6.07) is 10.2. The van der Waals surface area contributed by atoms with E-state index in [1.807, 2.05) is 25.1 Å². The fraction of sp³-hybridized carbons (Fsp3) is 0.556. The molecule has 1 fully saturated rings. The maximum Gasteiger partial charge on any atom is 0.331 e. The SMILES string of the molecule is CCOC(=O)C1(NC(=O)[C@@H](CC)CCc2ccccc2)CC1. The molecule has 1 N–H and O–H groups in total. The molecule has 1 aliphatic carbocycles. The van der Waals surface area contributed by atoms with Crippen LogP contribution in [0.25, 0.3) is 0 Å². The summed E-state index contributed by atoms with van der Waals surface area (Å²) in [5.74, 6) is -0.377. The summed E-state index contributed by atoms with van der Waals surface area (Å²) in [6.07, 6.45) is 3.82. The van der Waals surface area contributed by atoms with Gasteiger partial charge in [-0.15, -0.1) is 0 Å². The van der Waals surface area contributed by atoms with E-state index in [9.17, 15) is 9.59 Å². The Morgan fingerprint density at radius 3 is 2.45 bits per heavy atom. The lowest BCUT2D eigenvalue weighted by Gasteiger charge is -2.20. The molecule has 4 heteroatoms.